The van der Waals surface area contributed by atoms with Gasteiger partial charge in [0.2, 0.25) is 0 Å². The number of allylic oxidation sites excluding steroid dienone is 3. The number of aliphatic hydroxyl groups excluding tert-OH is 1. The van der Waals surface area contributed by atoms with Crippen molar-refractivity contribution in [2.24, 2.45) is 5.92 Å². The molecule has 0 saturated heterocycles. The Labute approximate surface area is 157 Å². The molecule has 1 aliphatic carbocycles. The molecule has 1 aliphatic rings. The number of aliphatic hydroxyl groups is 1. The summed E-state index contributed by atoms with van der Waals surface area (Å²) in [5, 5.41) is 8.85. The van der Waals surface area contributed by atoms with Crippen molar-refractivity contribution in [1.82, 2.24) is 0 Å². The van der Waals surface area contributed by atoms with Crippen LogP contribution in [0, 0.1) is 18.7 Å². The molecule has 0 bridgehead atoms. The number of benzene rings is 1. The van der Waals surface area contributed by atoms with Crippen molar-refractivity contribution >= 4 is 5.78 Å². The summed E-state index contributed by atoms with van der Waals surface area (Å²) in [6.45, 7) is 11.0. The van der Waals surface area contributed by atoms with Crippen LogP contribution in [0.1, 0.15) is 57.6 Å². The zero-order valence-electron chi connectivity index (χ0n) is 16.6. The Morgan fingerprint density at radius 2 is 2.04 bits per heavy atom. The molecule has 0 unspecified atom stereocenters. The van der Waals surface area contributed by atoms with Gasteiger partial charge in [0.05, 0.1) is 0 Å². The summed E-state index contributed by atoms with van der Waals surface area (Å²) in [6, 6.07) is 5.22. The number of rotatable bonds is 6. The maximum atomic E-state index is 13.8. The number of hydrogen-bond acceptors (Lipinski definition) is 3. The van der Waals surface area contributed by atoms with Gasteiger partial charge < -0.3 is 9.84 Å². The summed E-state index contributed by atoms with van der Waals surface area (Å²) in [6.07, 6.45) is 6.89. The maximum Gasteiger partial charge on any atom is 0.185 e. The predicted octanol–water partition coefficient (Wildman–Crippen LogP) is 5.50. The third-order valence-electron chi connectivity index (χ3n) is 3.94. The quantitative estimate of drug-likeness (QED) is 0.535. The number of hydrogen-bond donors (Lipinski definition) is 1. The number of ether oxygens (including phenoxy) is 1. The highest BCUT2D eigenvalue weighted by Crippen LogP contribution is 2.28. The van der Waals surface area contributed by atoms with E-state index >= 15 is 0 Å². The molecule has 1 aromatic carbocycles. The Balaban J connectivity index is 0.000000920. The van der Waals surface area contributed by atoms with Crippen molar-refractivity contribution < 1.29 is 19.0 Å². The highest BCUT2D eigenvalue weighted by molar-refractivity contribution is 5.90. The van der Waals surface area contributed by atoms with Gasteiger partial charge in [0, 0.05) is 18.4 Å². The third-order valence-corrected chi connectivity index (χ3v) is 3.94. The van der Waals surface area contributed by atoms with Crippen LogP contribution in [0.4, 0.5) is 4.39 Å². The van der Waals surface area contributed by atoms with Crippen molar-refractivity contribution in [1.29, 1.82) is 0 Å². The highest BCUT2D eigenvalue weighted by atomic mass is 19.1. The van der Waals surface area contributed by atoms with E-state index in [1.165, 1.54) is 12.1 Å². The molecule has 4 heteroatoms. The Morgan fingerprint density at radius 1 is 1.38 bits per heavy atom. The predicted molar refractivity (Wildman–Crippen MR) is 105 cm³/mol. The number of carbonyl (C=O) groups excluding carboxylic acids is 1. The molecule has 0 aliphatic heterocycles. The lowest BCUT2D eigenvalue weighted by molar-refractivity contribution is -0.116. The fourth-order valence-electron chi connectivity index (χ4n) is 2.51. The molecule has 1 atom stereocenters. The van der Waals surface area contributed by atoms with E-state index < -0.39 is 6.79 Å². The Morgan fingerprint density at radius 3 is 2.58 bits per heavy atom. The van der Waals surface area contributed by atoms with Crippen molar-refractivity contribution in [2.45, 2.75) is 59.8 Å². The minimum absolute atomic E-state index is 0.0196. The van der Waals surface area contributed by atoms with Gasteiger partial charge in [-0.15, -0.1) is 6.58 Å². The fraction of sp³-hybridized carbons (Fsp3) is 0.500. The molecule has 26 heavy (non-hydrogen) atoms. The lowest BCUT2D eigenvalue weighted by Gasteiger charge is -2.23. The second kappa shape index (κ2) is 14.3. The van der Waals surface area contributed by atoms with Gasteiger partial charge in [-0.05, 0) is 49.8 Å². The van der Waals surface area contributed by atoms with Gasteiger partial charge in [0.15, 0.2) is 12.6 Å². The van der Waals surface area contributed by atoms with E-state index in [9.17, 15) is 9.18 Å². The van der Waals surface area contributed by atoms with Gasteiger partial charge in [0.1, 0.15) is 11.6 Å². The van der Waals surface area contributed by atoms with Gasteiger partial charge in [0.25, 0.3) is 0 Å². The molecule has 0 fully saturated rings. The van der Waals surface area contributed by atoms with Crippen LogP contribution in [0.3, 0.4) is 0 Å². The van der Waals surface area contributed by atoms with Crippen LogP contribution in [-0.4, -0.2) is 17.7 Å². The number of carbonyl (C=O) groups is 1. The molecule has 3 nitrogen and oxygen atoms in total. The summed E-state index contributed by atoms with van der Waals surface area (Å²) < 4.78 is 18.9. The standard InChI is InChI=1S/C16H19FO3.C4H8.C2H6/c1-11-2-3-12(15(17)8-11)4-5-13-6-7-14(19)9-16(13)20-10-18;1-3-4-2;1-2/h2-3,8-9,13,18H,4-7,10H2,1H3;3H,1,4H2,2H3;1-2H3/t13-;;/m1../s1. The molecule has 1 N–H and O–H groups in total. The zero-order chi connectivity index (χ0) is 19.9. The molecule has 0 spiro atoms. The molecule has 0 amide bonds. The summed E-state index contributed by atoms with van der Waals surface area (Å²) in [7, 11) is 0. The summed E-state index contributed by atoms with van der Waals surface area (Å²) >= 11 is 0. The third kappa shape index (κ3) is 8.95. The fourth-order valence-corrected chi connectivity index (χ4v) is 2.51. The van der Waals surface area contributed by atoms with Gasteiger partial charge in [-0.2, -0.15) is 0 Å². The molecule has 1 aromatic rings. The van der Waals surface area contributed by atoms with Gasteiger partial charge >= 0.3 is 0 Å². The lowest BCUT2D eigenvalue weighted by atomic mass is 9.88. The van der Waals surface area contributed by atoms with E-state index in [0.717, 1.165) is 12.0 Å². The van der Waals surface area contributed by atoms with Crippen LogP contribution in [0.2, 0.25) is 0 Å². The Bertz CT molecular complexity index is 579. The molecule has 0 radical (unpaired) electrons. The number of halogens is 1. The lowest BCUT2D eigenvalue weighted by Crippen LogP contribution is -2.17. The molecule has 146 valence electrons. The minimum Gasteiger partial charge on any atom is -0.472 e. The average molecular weight is 365 g/mol. The van der Waals surface area contributed by atoms with Gasteiger partial charge in [-0.25, -0.2) is 4.39 Å². The van der Waals surface area contributed by atoms with Crippen LogP contribution in [0.25, 0.3) is 0 Å². The van der Waals surface area contributed by atoms with E-state index in [-0.39, 0.29) is 17.5 Å². The summed E-state index contributed by atoms with van der Waals surface area (Å²) in [5.74, 6) is 0.425. The van der Waals surface area contributed by atoms with E-state index in [4.69, 9.17) is 9.84 Å². The SMILES string of the molecule is C=CCC.CC.Cc1ccc(CC[C@@H]2CCC(=O)C=C2OCO)c(F)c1. The van der Waals surface area contributed by atoms with E-state index in [1.54, 1.807) is 6.07 Å². The summed E-state index contributed by atoms with van der Waals surface area (Å²) in [5.41, 5.74) is 1.58. The normalized spacial score (nSPS) is 15.7. The first-order valence-corrected chi connectivity index (χ1v) is 9.35. The zero-order valence-corrected chi connectivity index (χ0v) is 16.6. The Kier molecular flexibility index (Phi) is 13.2. The van der Waals surface area contributed by atoms with Crippen molar-refractivity contribution in [3.05, 3.63) is 59.6 Å². The van der Waals surface area contributed by atoms with Crippen LogP contribution < -0.4 is 0 Å². The van der Waals surface area contributed by atoms with Gasteiger partial charge in [-0.3, -0.25) is 4.79 Å². The number of ketones is 1. The molecule has 0 aromatic heterocycles. The molecular weight excluding hydrogens is 331 g/mol. The molecular formula is C22H33FO3. The van der Waals surface area contributed by atoms with Crippen molar-refractivity contribution in [3.63, 3.8) is 0 Å². The second-order valence-corrected chi connectivity index (χ2v) is 5.85. The van der Waals surface area contributed by atoms with Crippen LogP contribution in [-0.2, 0) is 16.0 Å². The summed E-state index contributed by atoms with van der Waals surface area (Å²) in [4.78, 5) is 11.4. The molecule has 2 rings (SSSR count). The number of aryl methyl sites for hydroxylation is 2. The van der Waals surface area contributed by atoms with Crippen LogP contribution >= 0.6 is 0 Å². The molecule has 0 heterocycles. The highest BCUT2D eigenvalue weighted by Gasteiger charge is 2.23. The largest absolute Gasteiger partial charge is 0.472 e. The monoisotopic (exact) mass is 364 g/mol. The first-order chi connectivity index (χ1) is 12.5. The van der Waals surface area contributed by atoms with Crippen LogP contribution in [0.5, 0.6) is 0 Å². The second-order valence-electron chi connectivity index (χ2n) is 5.85. The average Bonchev–Trinajstić information content (AvgIpc) is 2.64. The topological polar surface area (TPSA) is 46.5 Å². The van der Waals surface area contributed by atoms with E-state index in [1.807, 2.05) is 32.9 Å². The van der Waals surface area contributed by atoms with Crippen molar-refractivity contribution in [3.8, 4) is 0 Å². The smallest absolute Gasteiger partial charge is 0.185 e. The molecule has 0 saturated carbocycles. The van der Waals surface area contributed by atoms with Crippen molar-refractivity contribution in [2.75, 3.05) is 6.79 Å². The Hall–Kier alpha value is -1.94. The van der Waals surface area contributed by atoms with Gasteiger partial charge in [-0.1, -0.05) is 39.0 Å². The van der Waals surface area contributed by atoms with E-state index in [2.05, 4.69) is 13.5 Å². The first kappa shape index (κ1) is 24.1. The van der Waals surface area contributed by atoms with E-state index in [0.29, 0.717) is 37.0 Å². The van der Waals surface area contributed by atoms with Crippen LogP contribution in [0.15, 0.2) is 42.7 Å². The maximum absolute atomic E-state index is 13.8. The minimum atomic E-state index is -0.436. The first-order valence-electron chi connectivity index (χ1n) is 9.35.